The normalized spacial score (nSPS) is 14.9. The van der Waals surface area contributed by atoms with Gasteiger partial charge in [0.2, 0.25) is 0 Å². The van der Waals surface area contributed by atoms with Gasteiger partial charge in [0.25, 0.3) is 0 Å². The van der Waals surface area contributed by atoms with Crippen molar-refractivity contribution in [3.05, 3.63) is 143 Å². The number of rotatable bonds is 3. The van der Waals surface area contributed by atoms with Crippen molar-refractivity contribution in [1.29, 1.82) is 5.26 Å². The number of nitrogens with zero attached hydrogens (tertiary/aromatic N) is 3. The fourth-order valence-corrected chi connectivity index (χ4v) is 8.46. The summed E-state index contributed by atoms with van der Waals surface area (Å²) < 4.78 is 0. The largest absolute Gasteiger partial charge is 0.228 e. The maximum Gasteiger partial charge on any atom is 0.160 e. The summed E-state index contributed by atoms with van der Waals surface area (Å²) >= 11 is 1.77. The highest BCUT2D eigenvalue weighted by atomic mass is 32.2. The molecule has 0 saturated heterocycles. The second-order valence-electron chi connectivity index (χ2n) is 13.0. The Morgan fingerprint density at radius 2 is 1.20 bits per heavy atom. The van der Waals surface area contributed by atoms with E-state index >= 15 is 0 Å². The smallest absolute Gasteiger partial charge is 0.160 e. The zero-order chi connectivity index (χ0) is 30.9. The van der Waals surface area contributed by atoms with Crippen LogP contribution in [0.1, 0.15) is 55.5 Å². The Bertz CT molecular complexity index is 2210. The summed E-state index contributed by atoms with van der Waals surface area (Å²) in [4.78, 5) is 12.7. The highest BCUT2D eigenvalue weighted by Crippen LogP contribution is 2.51. The Balaban J connectivity index is 1.26. The van der Waals surface area contributed by atoms with Crippen molar-refractivity contribution >= 4 is 11.8 Å². The van der Waals surface area contributed by atoms with Crippen LogP contribution in [-0.4, -0.2) is 9.97 Å². The minimum atomic E-state index is -0.220. The van der Waals surface area contributed by atoms with Crippen molar-refractivity contribution in [2.24, 2.45) is 0 Å². The molecule has 0 bridgehead atoms. The lowest BCUT2D eigenvalue weighted by Crippen LogP contribution is -2.23. The highest BCUT2D eigenvalue weighted by molar-refractivity contribution is 7.99. The van der Waals surface area contributed by atoms with Gasteiger partial charge in [-0.1, -0.05) is 118 Å². The quantitative estimate of drug-likeness (QED) is 0.204. The third-order valence-corrected chi connectivity index (χ3v) is 10.7. The van der Waals surface area contributed by atoms with Crippen LogP contribution in [0.15, 0.2) is 125 Å². The molecule has 1 aliphatic heterocycles. The maximum absolute atomic E-state index is 9.52. The van der Waals surface area contributed by atoms with Crippen LogP contribution in [0.5, 0.6) is 0 Å². The van der Waals surface area contributed by atoms with E-state index < -0.39 is 0 Å². The standard InChI is InChI=1S/C41H31N3S/c1-40(2)31-13-9-8-12-29(31)30-17-15-27(21-33(30)40)35-23-36(44-39(43-35)26-10-6-5-7-11-26)28-16-18-32-38(22-28)45-37-19-14-25(24-42)20-34(37)41(32,3)4/h5-23H,1-4H3. The molecule has 1 aliphatic carbocycles. The molecule has 0 fully saturated rings. The van der Waals surface area contributed by atoms with Crippen LogP contribution >= 0.6 is 11.8 Å². The predicted molar refractivity (Wildman–Crippen MR) is 183 cm³/mol. The summed E-state index contributed by atoms with van der Waals surface area (Å²) in [7, 11) is 0. The van der Waals surface area contributed by atoms with Crippen LogP contribution in [0.25, 0.3) is 45.0 Å². The number of fused-ring (bicyclic) bond motifs is 5. The molecule has 3 nitrogen and oxygen atoms in total. The average molecular weight is 598 g/mol. The van der Waals surface area contributed by atoms with Crippen molar-refractivity contribution in [3.63, 3.8) is 0 Å². The van der Waals surface area contributed by atoms with E-state index in [1.165, 1.54) is 43.2 Å². The van der Waals surface area contributed by atoms with E-state index in [0.29, 0.717) is 11.4 Å². The molecule has 2 heterocycles. The van der Waals surface area contributed by atoms with Crippen LogP contribution in [0, 0.1) is 11.3 Å². The molecular weight excluding hydrogens is 567 g/mol. The number of nitriles is 1. The van der Waals surface area contributed by atoms with E-state index in [0.717, 1.165) is 28.1 Å². The predicted octanol–water partition coefficient (Wildman–Crippen LogP) is 10.4. The second-order valence-corrected chi connectivity index (χ2v) is 14.1. The third-order valence-electron chi connectivity index (χ3n) is 9.59. The molecule has 0 amide bonds. The summed E-state index contributed by atoms with van der Waals surface area (Å²) in [5.74, 6) is 0.714. The SMILES string of the molecule is CC1(C)c2ccc(-c3cc(-c4ccc5c(c4)C(C)(C)c4ccccc4-5)nc(-c4ccccc4)n3)cc2Sc2ccc(C#N)cc21. The topological polar surface area (TPSA) is 49.6 Å². The van der Waals surface area contributed by atoms with Gasteiger partial charge in [0, 0.05) is 37.3 Å². The van der Waals surface area contributed by atoms with Gasteiger partial charge < -0.3 is 0 Å². The molecule has 0 radical (unpaired) electrons. The molecule has 0 N–H and O–H groups in total. The van der Waals surface area contributed by atoms with Crippen molar-refractivity contribution in [2.45, 2.75) is 48.3 Å². The molecule has 6 aromatic rings. The first-order valence-corrected chi connectivity index (χ1v) is 16.1. The van der Waals surface area contributed by atoms with Gasteiger partial charge in [-0.05, 0) is 69.8 Å². The van der Waals surface area contributed by atoms with Gasteiger partial charge in [0.05, 0.1) is 23.0 Å². The average Bonchev–Trinajstić information content (AvgIpc) is 3.30. The van der Waals surface area contributed by atoms with Gasteiger partial charge >= 0.3 is 0 Å². The molecule has 45 heavy (non-hydrogen) atoms. The minimum Gasteiger partial charge on any atom is -0.228 e. The van der Waals surface area contributed by atoms with Crippen LogP contribution in [0.4, 0.5) is 0 Å². The summed E-state index contributed by atoms with van der Waals surface area (Å²) in [5.41, 5.74) is 13.1. The zero-order valence-electron chi connectivity index (χ0n) is 25.7. The van der Waals surface area contributed by atoms with E-state index in [4.69, 9.17) is 9.97 Å². The van der Waals surface area contributed by atoms with Crippen molar-refractivity contribution in [3.8, 4) is 51.1 Å². The lowest BCUT2D eigenvalue weighted by Gasteiger charge is -2.35. The van der Waals surface area contributed by atoms with E-state index in [1.807, 2.05) is 30.3 Å². The molecule has 0 saturated carbocycles. The Morgan fingerprint density at radius 1 is 0.533 bits per heavy atom. The molecule has 0 atom stereocenters. The number of hydrogen-bond acceptors (Lipinski definition) is 4. The Labute approximate surface area is 268 Å². The lowest BCUT2D eigenvalue weighted by atomic mass is 9.77. The highest BCUT2D eigenvalue weighted by Gasteiger charge is 2.36. The Hall–Kier alpha value is -4.98. The number of hydrogen-bond donors (Lipinski definition) is 0. The van der Waals surface area contributed by atoms with Gasteiger partial charge in [-0.15, -0.1) is 0 Å². The fraction of sp³-hybridized carbons (Fsp3) is 0.146. The Kier molecular flexibility index (Phi) is 6.14. The van der Waals surface area contributed by atoms with Crippen molar-refractivity contribution in [2.75, 3.05) is 0 Å². The summed E-state index contributed by atoms with van der Waals surface area (Å²) in [6.45, 7) is 9.12. The first-order chi connectivity index (χ1) is 21.7. The van der Waals surface area contributed by atoms with Crippen LogP contribution in [0.3, 0.4) is 0 Å². The van der Waals surface area contributed by atoms with Gasteiger partial charge in [-0.25, -0.2) is 9.97 Å². The van der Waals surface area contributed by atoms with Crippen molar-refractivity contribution in [1.82, 2.24) is 9.97 Å². The number of benzene rings is 5. The lowest BCUT2D eigenvalue weighted by molar-refractivity contribution is 0.607. The van der Waals surface area contributed by atoms with Crippen LogP contribution < -0.4 is 0 Å². The van der Waals surface area contributed by atoms with E-state index in [-0.39, 0.29) is 10.8 Å². The van der Waals surface area contributed by atoms with Crippen LogP contribution in [-0.2, 0) is 10.8 Å². The first-order valence-electron chi connectivity index (χ1n) is 15.3. The molecule has 1 aromatic heterocycles. The zero-order valence-corrected chi connectivity index (χ0v) is 26.5. The summed E-state index contributed by atoms with van der Waals surface area (Å²) in [6.07, 6.45) is 0. The van der Waals surface area contributed by atoms with Gasteiger partial charge in [0.15, 0.2) is 5.82 Å². The summed E-state index contributed by atoms with van der Waals surface area (Å²) in [6, 6.07) is 42.9. The monoisotopic (exact) mass is 597 g/mol. The van der Waals surface area contributed by atoms with E-state index in [1.54, 1.807) is 11.8 Å². The molecule has 2 aliphatic rings. The second kappa shape index (κ2) is 10.0. The van der Waals surface area contributed by atoms with E-state index in [2.05, 4.69) is 119 Å². The fourth-order valence-electron chi connectivity index (χ4n) is 7.05. The molecule has 5 aromatic carbocycles. The molecule has 4 heteroatoms. The minimum absolute atomic E-state index is 0.0904. The first kappa shape index (κ1) is 27.6. The molecule has 8 rings (SSSR count). The summed E-state index contributed by atoms with van der Waals surface area (Å²) in [5, 5.41) is 9.52. The van der Waals surface area contributed by atoms with Crippen LogP contribution in [0.2, 0.25) is 0 Å². The third kappa shape index (κ3) is 4.34. The van der Waals surface area contributed by atoms with Gasteiger partial charge in [-0.2, -0.15) is 5.26 Å². The number of aromatic nitrogens is 2. The molecule has 216 valence electrons. The Morgan fingerprint density at radius 3 is 1.98 bits per heavy atom. The van der Waals surface area contributed by atoms with Gasteiger partial charge in [0.1, 0.15) is 0 Å². The molecular formula is C41H31N3S. The van der Waals surface area contributed by atoms with Crippen molar-refractivity contribution < 1.29 is 0 Å². The van der Waals surface area contributed by atoms with E-state index in [9.17, 15) is 5.26 Å². The van der Waals surface area contributed by atoms with Gasteiger partial charge in [-0.3, -0.25) is 0 Å². The maximum atomic E-state index is 9.52. The molecule has 0 spiro atoms. The molecule has 0 unspecified atom stereocenters.